The van der Waals surface area contributed by atoms with E-state index in [1.807, 2.05) is 0 Å². The minimum atomic E-state index is -2.90. The number of halogens is 4. The highest BCUT2D eigenvalue weighted by molar-refractivity contribution is 9.10. The molecule has 1 heterocycles. The van der Waals surface area contributed by atoms with Crippen molar-refractivity contribution < 1.29 is 22.7 Å². The number of carbonyl (C=O) groups is 1. The molecule has 7 heteroatoms. The summed E-state index contributed by atoms with van der Waals surface area (Å²) in [7, 11) is 0. The Labute approximate surface area is 97.8 Å². The van der Waals surface area contributed by atoms with Gasteiger partial charge in [-0.2, -0.15) is 0 Å². The molecule has 0 radical (unpaired) electrons. The Balaban J connectivity index is 3.26. The smallest absolute Gasteiger partial charge is 0.342 e. The van der Waals surface area contributed by atoms with Crippen LogP contribution in [0, 0.1) is 5.82 Å². The Hall–Kier alpha value is -1.11. The summed E-state index contributed by atoms with van der Waals surface area (Å²) in [6, 6.07) is 0. The van der Waals surface area contributed by atoms with E-state index >= 15 is 0 Å². The predicted octanol–water partition coefficient (Wildman–Crippen LogP) is 3.10. The molecule has 0 aliphatic rings. The lowest BCUT2D eigenvalue weighted by atomic mass is 10.2. The third-order valence-corrected chi connectivity index (χ3v) is 2.49. The highest BCUT2D eigenvalue weighted by Gasteiger charge is 2.24. The summed E-state index contributed by atoms with van der Waals surface area (Å²) < 4.78 is 42.2. The van der Waals surface area contributed by atoms with E-state index in [1.54, 1.807) is 0 Å². The van der Waals surface area contributed by atoms with Crippen LogP contribution in [-0.2, 0) is 4.74 Å². The number of aromatic nitrogens is 1. The van der Waals surface area contributed by atoms with Crippen LogP contribution in [-0.4, -0.2) is 17.6 Å². The fraction of sp³-hybridized carbons (Fsp3) is 0.333. The molecule has 0 aliphatic carbocycles. The van der Waals surface area contributed by atoms with Crippen LogP contribution >= 0.6 is 15.9 Å². The van der Waals surface area contributed by atoms with Gasteiger partial charge in [-0.05, 0) is 22.9 Å². The quantitative estimate of drug-likeness (QED) is 0.805. The maximum absolute atomic E-state index is 13.2. The van der Waals surface area contributed by atoms with Crippen LogP contribution in [0.15, 0.2) is 10.7 Å². The van der Waals surface area contributed by atoms with Gasteiger partial charge in [0.2, 0.25) is 0 Å². The Bertz CT molecular complexity index is 412. The van der Waals surface area contributed by atoms with Crippen molar-refractivity contribution in [2.24, 2.45) is 0 Å². The van der Waals surface area contributed by atoms with Gasteiger partial charge in [-0.3, -0.25) is 4.98 Å². The van der Waals surface area contributed by atoms with Gasteiger partial charge in [0.15, 0.2) is 5.82 Å². The van der Waals surface area contributed by atoms with Gasteiger partial charge in [0.1, 0.15) is 11.3 Å². The minimum Gasteiger partial charge on any atom is -0.462 e. The molecule has 0 fully saturated rings. The van der Waals surface area contributed by atoms with Gasteiger partial charge in [-0.1, -0.05) is 0 Å². The number of rotatable bonds is 3. The Morgan fingerprint density at radius 1 is 1.62 bits per heavy atom. The molecule has 0 spiro atoms. The molecule has 0 bridgehead atoms. The second-order valence-electron chi connectivity index (χ2n) is 2.70. The van der Waals surface area contributed by atoms with Crippen LogP contribution in [0.3, 0.4) is 0 Å². The molecule has 0 saturated heterocycles. The summed E-state index contributed by atoms with van der Waals surface area (Å²) in [6.45, 7) is 1.55. The maximum Gasteiger partial charge on any atom is 0.342 e. The van der Waals surface area contributed by atoms with Crippen LogP contribution < -0.4 is 0 Å². The Morgan fingerprint density at radius 2 is 2.25 bits per heavy atom. The maximum atomic E-state index is 13.2. The minimum absolute atomic E-state index is 0.0248. The van der Waals surface area contributed by atoms with Crippen molar-refractivity contribution in [3.63, 3.8) is 0 Å². The van der Waals surface area contributed by atoms with Gasteiger partial charge in [0, 0.05) is 0 Å². The molecule has 3 nitrogen and oxygen atoms in total. The molecule has 0 N–H and O–H groups in total. The lowest BCUT2D eigenvalue weighted by molar-refractivity contribution is 0.0518. The van der Waals surface area contributed by atoms with Crippen LogP contribution in [0.4, 0.5) is 13.2 Å². The molecule has 1 aromatic heterocycles. The number of carbonyl (C=O) groups excluding carboxylic acids is 1. The third kappa shape index (κ3) is 2.52. The molecule has 1 rings (SSSR count). The third-order valence-electron chi connectivity index (χ3n) is 1.69. The zero-order chi connectivity index (χ0) is 12.3. The SMILES string of the molecule is CCOC(=O)c1c(F)cnc(C(F)F)c1Br. The lowest BCUT2D eigenvalue weighted by Crippen LogP contribution is -2.11. The Morgan fingerprint density at radius 3 is 2.75 bits per heavy atom. The number of nitrogens with zero attached hydrogens (tertiary/aromatic N) is 1. The van der Waals surface area contributed by atoms with Crippen molar-refractivity contribution in [1.82, 2.24) is 4.98 Å². The first-order valence-electron chi connectivity index (χ1n) is 4.28. The van der Waals surface area contributed by atoms with E-state index in [9.17, 15) is 18.0 Å². The van der Waals surface area contributed by atoms with E-state index in [4.69, 9.17) is 0 Å². The second kappa shape index (κ2) is 5.29. The summed E-state index contributed by atoms with van der Waals surface area (Å²) in [5.41, 5.74) is -1.25. The van der Waals surface area contributed by atoms with E-state index in [-0.39, 0.29) is 11.1 Å². The highest BCUT2D eigenvalue weighted by Crippen LogP contribution is 2.30. The first-order valence-corrected chi connectivity index (χ1v) is 5.07. The number of alkyl halides is 2. The number of hydrogen-bond donors (Lipinski definition) is 0. The van der Waals surface area contributed by atoms with Crippen molar-refractivity contribution >= 4 is 21.9 Å². The van der Waals surface area contributed by atoms with Crippen molar-refractivity contribution in [2.75, 3.05) is 6.61 Å². The fourth-order valence-electron chi connectivity index (χ4n) is 1.02. The van der Waals surface area contributed by atoms with Crippen molar-refractivity contribution in [3.8, 4) is 0 Å². The van der Waals surface area contributed by atoms with Gasteiger partial charge in [0.05, 0.1) is 17.3 Å². The average Bonchev–Trinajstić information content (AvgIpc) is 2.17. The molecule has 0 saturated carbocycles. The van der Waals surface area contributed by atoms with Crippen LogP contribution in [0.1, 0.15) is 29.4 Å². The second-order valence-corrected chi connectivity index (χ2v) is 3.49. The van der Waals surface area contributed by atoms with Crippen molar-refractivity contribution in [1.29, 1.82) is 0 Å². The number of esters is 1. The van der Waals surface area contributed by atoms with E-state index in [2.05, 4.69) is 25.7 Å². The van der Waals surface area contributed by atoms with Crippen LogP contribution in [0.2, 0.25) is 0 Å². The molecule has 0 unspecified atom stereocenters. The fourth-order valence-corrected chi connectivity index (χ4v) is 1.65. The molecule has 0 atom stereocenters. The predicted molar refractivity (Wildman–Crippen MR) is 52.8 cm³/mol. The molecule has 0 aromatic carbocycles. The topological polar surface area (TPSA) is 39.2 Å². The standard InChI is InChI=1S/C9H7BrF3NO2/c1-2-16-9(15)5-4(11)3-14-7(6(5)10)8(12)13/h3,8H,2H2,1H3. The Kier molecular flexibility index (Phi) is 4.28. The molecule has 0 aliphatic heterocycles. The van der Waals surface area contributed by atoms with Gasteiger partial charge >= 0.3 is 5.97 Å². The molecular weight excluding hydrogens is 291 g/mol. The van der Waals surface area contributed by atoms with Gasteiger partial charge in [0.25, 0.3) is 6.43 Å². The molecule has 16 heavy (non-hydrogen) atoms. The zero-order valence-electron chi connectivity index (χ0n) is 8.14. The van der Waals surface area contributed by atoms with E-state index in [1.165, 1.54) is 6.92 Å². The first kappa shape index (κ1) is 13.0. The summed E-state index contributed by atoms with van der Waals surface area (Å²) in [5.74, 6) is -2.01. The van der Waals surface area contributed by atoms with Crippen molar-refractivity contribution in [2.45, 2.75) is 13.3 Å². The van der Waals surface area contributed by atoms with Crippen LogP contribution in [0.25, 0.3) is 0 Å². The number of pyridine rings is 1. The number of hydrogen-bond acceptors (Lipinski definition) is 3. The van der Waals surface area contributed by atoms with Gasteiger partial charge in [-0.15, -0.1) is 0 Å². The highest BCUT2D eigenvalue weighted by atomic mass is 79.9. The molecule has 0 amide bonds. The molecule has 88 valence electrons. The summed E-state index contributed by atoms with van der Waals surface area (Å²) in [6.07, 6.45) is -2.33. The first-order chi connectivity index (χ1) is 7.49. The number of ether oxygens (including phenoxy) is 1. The summed E-state index contributed by atoms with van der Waals surface area (Å²) >= 11 is 2.72. The molecule has 1 aromatic rings. The van der Waals surface area contributed by atoms with Crippen molar-refractivity contribution in [3.05, 3.63) is 27.7 Å². The van der Waals surface area contributed by atoms with E-state index in [0.29, 0.717) is 6.20 Å². The zero-order valence-corrected chi connectivity index (χ0v) is 9.72. The van der Waals surface area contributed by atoms with Crippen LogP contribution in [0.5, 0.6) is 0 Å². The summed E-state index contributed by atoms with van der Waals surface area (Å²) in [5, 5.41) is 0. The van der Waals surface area contributed by atoms with E-state index < -0.39 is 29.5 Å². The lowest BCUT2D eigenvalue weighted by Gasteiger charge is -2.08. The largest absolute Gasteiger partial charge is 0.462 e. The monoisotopic (exact) mass is 297 g/mol. The molecular formula is C9H7BrF3NO2. The van der Waals surface area contributed by atoms with Gasteiger partial charge < -0.3 is 4.74 Å². The average molecular weight is 298 g/mol. The summed E-state index contributed by atoms with van der Waals surface area (Å²) in [4.78, 5) is 14.5. The normalized spacial score (nSPS) is 10.6. The van der Waals surface area contributed by atoms with E-state index in [0.717, 1.165) is 0 Å². The van der Waals surface area contributed by atoms with Gasteiger partial charge in [-0.25, -0.2) is 18.0 Å².